The summed E-state index contributed by atoms with van der Waals surface area (Å²) in [4.78, 5) is 0. The third-order valence-electron chi connectivity index (χ3n) is 2.68. The van der Waals surface area contributed by atoms with E-state index in [2.05, 4.69) is 20.8 Å². The first-order valence-corrected chi connectivity index (χ1v) is 6.77. The molecule has 0 aromatic heterocycles. The van der Waals surface area contributed by atoms with Gasteiger partial charge in [0.25, 0.3) is 0 Å². The summed E-state index contributed by atoms with van der Waals surface area (Å²) in [5, 5.41) is 0. The summed E-state index contributed by atoms with van der Waals surface area (Å²) in [6, 6.07) is 4.07. The molecule has 0 heterocycles. The molecule has 0 aliphatic rings. The van der Waals surface area contributed by atoms with Gasteiger partial charge in [-0.15, -0.1) is 24.0 Å². The zero-order valence-corrected chi connectivity index (χ0v) is 10.6. The Morgan fingerprint density at radius 2 is 1.30 bits per heavy atom. The van der Waals surface area contributed by atoms with Gasteiger partial charge >= 0.3 is 0 Å². The minimum atomic E-state index is -0.914. The molecule has 0 saturated heterocycles. The average molecular weight is 273 g/mol. The number of rotatable bonds is 4. The van der Waals surface area contributed by atoms with E-state index in [-0.39, 0.29) is 24.0 Å². The monoisotopic (exact) mass is 273 g/mol. The van der Waals surface area contributed by atoms with Crippen molar-refractivity contribution in [2.24, 2.45) is 5.73 Å². The van der Waals surface area contributed by atoms with Crippen LogP contribution in [0.25, 0.3) is 0 Å². The number of hydrogen-bond donors (Lipinski definition) is 1. The Balaban J connectivity index is 0. The van der Waals surface area contributed by atoms with Gasteiger partial charge in [0.1, 0.15) is 0 Å². The smallest absolute Gasteiger partial charge is 0.0675 e. The number of hydrogen-bond acceptors (Lipinski definition) is 1. The van der Waals surface area contributed by atoms with Crippen LogP contribution in [0.1, 0.15) is 20.8 Å². The van der Waals surface area contributed by atoms with Gasteiger partial charge in [-0.2, -0.15) is 0 Å². The SMILES string of the molecule is CC[Si](CC)(CC)CN.I. The lowest BCUT2D eigenvalue weighted by molar-refractivity contribution is 1.10. The molecular formula is C7H20INSi. The van der Waals surface area contributed by atoms with E-state index in [4.69, 9.17) is 5.73 Å². The highest BCUT2D eigenvalue weighted by atomic mass is 127. The van der Waals surface area contributed by atoms with Crippen LogP contribution >= 0.6 is 24.0 Å². The largest absolute Gasteiger partial charge is 0.333 e. The van der Waals surface area contributed by atoms with Crippen LogP contribution in [0.2, 0.25) is 18.1 Å². The molecule has 0 aromatic carbocycles. The van der Waals surface area contributed by atoms with Crippen molar-refractivity contribution in [1.29, 1.82) is 0 Å². The lowest BCUT2D eigenvalue weighted by atomic mass is 10.9. The van der Waals surface area contributed by atoms with Crippen LogP contribution in [0, 0.1) is 0 Å². The predicted molar refractivity (Wildman–Crippen MR) is 61.7 cm³/mol. The molecule has 0 saturated carbocycles. The maximum absolute atomic E-state index is 5.70. The van der Waals surface area contributed by atoms with E-state index in [0.717, 1.165) is 6.17 Å². The molecule has 0 atom stereocenters. The second-order valence-corrected chi connectivity index (χ2v) is 8.29. The van der Waals surface area contributed by atoms with E-state index in [1.807, 2.05) is 0 Å². The van der Waals surface area contributed by atoms with E-state index in [0.29, 0.717) is 0 Å². The molecular weight excluding hydrogens is 253 g/mol. The predicted octanol–water partition coefficient (Wildman–Crippen LogP) is 2.61. The van der Waals surface area contributed by atoms with Gasteiger partial charge < -0.3 is 5.73 Å². The average Bonchev–Trinajstić information content (AvgIpc) is 1.95. The van der Waals surface area contributed by atoms with Gasteiger partial charge in [-0.05, 0) is 6.17 Å². The van der Waals surface area contributed by atoms with E-state index in [1.54, 1.807) is 0 Å². The summed E-state index contributed by atoms with van der Waals surface area (Å²) < 4.78 is 0. The van der Waals surface area contributed by atoms with Crippen molar-refractivity contribution in [3.63, 3.8) is 0 Å². The normalized spacial score (nSPS) is 10.8. The molecule has 0 aromatic rings. The van der Waals surface area contributed by atoms with E-state index in [9.17, 15) is 0 Å². The van der Waals surface area contributed by atoms with Gasteiger partial charge in [-0.3, -0.25) is 0 Å². The Morgan fingerprint density at radius 3 is 1.30 bits per heavy atom. The van der Waals surface area contributed by atoms with Crippen molar-refractivity contribution in [1.82, 2.24) is 0 Å². The quantitative estimate of drug-likeness (QED) is 0.618. The fourth-order valence-corrected chi connectivity index (χ4v) is 3.55. The maximum Gasteiger partial charge on any atom is 0.0675 e. The van der Waals surface area contributed by atoms with Crippen LogP contribution in [0.15, 0.2) is 0 Å². The fourth-order valence-electron chi connectivity index (χ4n) is 1.18. The molecule has 0 rings (SSSR count). The Morgan fingerprint density at radius 1 is 1.00 bits per heavy atom. The van der Waals surface area contributed by atoms with Crippen LogP contribution in [0.4, 0.5) is 0 Å². The minimum absolute atomic E-state index is 0. The summed E-state index contributed by atoms with van der Waals surface area (Å²) in [5.41, 5.74) is 5.70. The van der Waals surface area contributed by atoms with Crippen molar-refractivity contribution in [2.45, 2.75) is 38.9 Å². The lowest BCUT2D eigenvalue weighted by Gasteiger charge is -2.25. The first kappa shape index (κ1) is 13.5. The van der Waals surface area contributed by atoms with Crippen LogP contribution in [-0.2, 0) is 0 Å². The summed E-state index contributed by atoms with van der Waals surface area (Å²) >= 11 is 0. The standard InChI is InChI=1S/C7H19NSi.HI/c1-4-9(5-2,6-3)7-8;/h4-8H2,1-3H3;1H. The highest BCUT2D eigenvalue weighted by Crippen LogP contribution is 2.17. The molecule has 0 radical (unpaired) electrons. The van der Waals surface area contributed by atoms with Gasteiger partial charge in [0.05, 0.1) is 8.07 Å². The third-order valence-corrected chi connectivity index (χ3v) is 8.05. The summed E-state index contributed by atoms with van der Waals surface area (Å²) in [6.45, 7) is 6.85. The highest BCUT2D eigenvalue weighted by Gasteiger charge is 2.23. The van der Waals surface area contributed by atoms with Gasteiger partial charge in [0.15, 0.2) is 0 Å². The molecule has 0 amide bonds. The van der Waals surface area contributed by atoms with Crippen molar-refractivity contribution < 1.29 is 0 Å². The number of halogens is 1. The summed E-state index contributed by atoms with van der Waals surface area (Å²) in [7, 11) is -0.914. The first-order valence-electron chi connectivity index (χ1n) is 3.94. The molecule has 3 heteroatoms. The van der Waals surface area contributed by atoms with Gasteiger partial charge in [0, 0.05) is 0 Å². The zero-order chi connectivity index (χ0) is 7.33. The molecule has 10 heavy (non-hydrogen) atoms. The second-order valence-electron chi connectivity index (χ2n) is 2.76. The van der Waals surface area contributed by atoms with Gasteiger partial charge in [0.2, 0.25) is 0 Å². The molecule has 0 fully saturated rings. The highest BCUT2D eigenvalue weighted by molar-refractivity contribution is 14.0. The van der Waals surface area contributed by atoms with Crippen LogP contribution in [0.3, 0.4) is 0 Å². The van der Waals surface area contributed by atoms with Crippen molar-refractivity contribution >= 4 is 32.1 Å². The Kier molecular flexibility index (Phi) is 8.91. The van der Waals surface area contributed by atoms with Crippen molar-refractivity contribution in [3.05, 3.63) is 0 Å². The second kappa shape index (κ2) is 6.61. The van der Waals surface area contributed by atoms with Crippen LogP contribution in [0.5, 0.6) is 0 Å². The Bertz CT molecular complexity index is 56.5. The maximum atomic E-state index is 5.70. The van der Waals surface area contributed by atoms with Crippen molar-refractivity contribution in [3.8, 4) is 0 Å². The molecule has 0 spiro atoms. The van der Waals surface area contributed by atoms with E-state index in [1.165, 1.54) is 18.1 Å². The third kappa shape index (κ3) is 3.34. The van der Waals surface area contributed by atoms with Crippen LogP contribution in [-0.4, -0.2) is 14.2 Å². The topological polar surface area (TPSA) is 26.0 Å². The fraction of sp³-hybridized carbons (Fsp3) is 1.00. The molecule has 0 aliphatic carbocycles. The summed E-state index contributed by atoms with van der Waals surface area (Å²) in [5.74, 6) is 0. The molecule has 0 bridgehead atoms. The Hall–Kier alpha value is 0.907. The minimum Gasteiger partial charge on any atom is -0.333 e. The zero-order valence-electron chi connectivity index (χ0n) is 7.31. The lowest BCUT2D eigenvalue weighted by Crippen LogP contribution is -2.40. The van der Waals surface area contributed by atoms with E-state index >= 15 is 0 Å². The Labute approximate surface area is 82.8 Å². The van der Waals surface area contributed by atoms with E-state index < -0.39 is 8.07 Å². The molecule has 1 nitrogen and oxygen atoms in total. The summed E-state index contributed by atoms with van der Waals surface area (Å²) in [6.07, 6.45) is 0.983. The van der Waals surface area contributed by atoms with Crippen LogP contribution < -0.4 is 5.73 Å². The number of nitrogens with two attached hydrogens (primary N) is 1. The first-order chi connectivity index (χ1) is 4.24. The van der Waals surface area contributed by atoms with Gasteiger partial charge in [-0.25, -0.2) is 0 Å². The molecule has 64 valence electrons. The molecule has 0 unspecified atom stereocenters. The molecule has 0 aliphatic heterocycles. The van der Waals surface area contributed by atoms with Gasteiger partial charge in [-0.1, -0.05) is 38.9 Å². The van der Waals surface area contributed by atoms with Crippen molar-refractivity contribution in [2.75, 3.05) is 6.17 Å². The molecule has 2 N–H and O–H groups in total.